The normalized spacial score (nSPS) is 10.5. The van der Waals surface area contributed by atoms with Crippen LogP contribution >= 0.6 is 35.3 Å². The predicted octanol–water partition coefficient (Wildman–Crippen LogP) is 4.04. The molecule has 0 bridgehead atoms. The van der Waals surface area contributed by atoms with Crippen molar-refractivity contribution in [1.29, 1.82) is 0 Å². The third-order valence-corrected chi connectivity index (χ3v) is 3.97. The van der Waals surface area contributed by atoms with Crippen molar-refractivity contribution in [2.75, 3.05) is 5.73 Å². The predicted molar refractivity (Wildman–Crippen MR) is 76.5 cm³/mol. The summed E-state index contributed by atoms with van der Waals surface area (Å²) in [6.45, 7) is 0. The molecule has 5 heteroatoms. The quantitative estimate of drug-likeness (QED) is 0.659. The molecule has 0 atom stereocenters. The van der Waals surface area contributed by atoms with Crippen LogP contribution in [0.15, 0.2) is 57.2 Å². The summed E-state index contributed by atoms with van der Waals surface area (Å²) in [7, 11) is 0. The average Bonchev–Trinajstić information content (AvgIpc) is 2.32. The fraction of sp³-hybridized carbons (Fsp3) is 0. The molecule has 0 unspecified atom stereocenters. The molecule has 0 aliphatic rings. The first-order valence-electron chi connectivity index (χ1n) is 4.89. The third kappa shape index (κ3) is 3.33. The van der Waals surface area contributed by atoms with Gasteiger partial charge in [0.1, 0.15) is 0 Å². The first-order valence-corrected chi connectivity index (χ1v) is 6.96. The van der Waals surface area contributed by atoms with E-state index in [1.165, 1.54) is 11.9 Å². The molecule has 2 nitrogen and oxygen atoms in total. The Morgan fingerprint density at radius 1 is 1.00 bits per heavy atom. The summed E-state index contributed by atoms with van der Waals surface area (Å²) < 4.78 is 0. The molecular formula is C12H11ClN2S2. The van der Waals surface area contributed by atoms with Crippen molar-refractivity contribution in [2.24, 2.45) is 5.14 Å². The van der Waals surface area contributed by atoms with E-state index < -0.39 is 0 Å². The fourth-order valence-electron chi connectivity index (χ4n) is 1.33. The van der Waals surface area contributed by atoms with Gasteiger partial charge >= 0.3 is 0 Å². The molecule has 0 fully saturated rings. The lowest BCUT2D eigenvalue weighted by Gasteiger charge is -2.07. The number of hydrogen-bond donors (Lipinski definition) is 2. The van der Waals surface area contributed by atoms with Gasteiger partial charge in [0.15, 0.2) is 0 Å². The molecule has 0 heterocycles. The van der Waals surface area contributed by atoms with Gasteiger partial charge in [0, 0.05) is 25.4 Å². The van der Waals surface area contributed by atoms with Gasteiger partial charge in [-0.2, -0.15) is 0 Å². The van der Waals surface area contributed by atoms with Gasteiger partial charge in [0.25, 0.3) is 0 Å². The van der Waals surface area contributed by atoms with Crippen LogP contribution in [-0.2, 0) is 0 Å². The summed E-state index contributed by atoms with van der Waals surface area (Å²) in [5.41, 5.74) is 6.67. The Hall–Kier alpha value is -0.810. The largest absolute Gasteiger partial charge is 0.398 e. The lowest BCUT2D eigenvalue weighted by Crippen LogP contribution is -1.89. The van der Waals surface area contributed by atoms with E-state index in [2.05, 4.69) is 0 Å². The first-order chi connectivity index (χ1) is 8.19. The van der Waals surface area contributed by atoms with Crippen LogP contribution in [-0.4, -0.2) is 0 Å². The highest BCUT2D eigenvalue weighted by Crippen LogP contribution is 2.34. The van der Waals surface area contributed by atoms with Crippen LogP contribution in [0.3, 0.4) is 0 Å². The Morgan fingerprint density at radius 2 is 1.82 bits per heavy atom. The molecule has 0 saturated heterocycles. The van der Waals surface area contributed by atoms with Gasteiger partial charge in [-0.15, -0.1) is 0 Å². The van der Waals surface area contributed by atoms with Crippen LogP contribution in [0.5, 0.6) is 0 Å². The van der Waals surface area contributed by atoms with Crippen LogP contribution in [0.1, 0.15) is 0 Å². The van der Waals surface area contributed by atoms with E-state index in [9.17, 15) is 0 Å². The van der Waals surface area contributed by atoms with Crippen molar-refractivity contribution in [3.63, 3.8) is 0 Å². The summed E-state index contributed by atoms with van der Waals surface area (Å²) in [6, 6.07) is 13.4. The van der Waals surface area contributed by atoms with Crippen LogP contribution in [0.2, 0.25) is 5.02 Å². The smallest absolute Gasteiger partial charge is 0.0456 e. The molecule has 0 spiro atoms. The fourth-order valence-corrected chi connectivity index (χ4v) is 2.95. The SMILES string of the molecule is NSc1ccc(N)c(Sc2cccc(Cl)c2)c1. The van der Waals surface area contributed by atoms with E-state index in [0.29, 0.717) is 0 Å². The van der Waals surface area contributed by atoms with Crippen LogP contribution < -0.4 is 10.9 Å². The topological polar surface area (TPSA) is 52.0 Å². The van der Waals surface area contributed by atoms with E-state index in [4.69, 9.17) is 22.5 Å². The Kier molecular flexibility index (Phi) is 4.23. The second-order valence-corrected chi connectivity index (χ2v) is 5.64. The van der Waals surface area contributed by atoms with Gasteiger partial charge in [0.05, 0.1) is 0 Å². The lowest BCUT2D eigenvalue weighted by atomic mass is 10.3. The van der Waals surface area contributed by atoms with Crippen LogP contribution in [0, 0.1) is 0 Å². The minimum Gasteiger partial charge on any atom is -0.398 e. The number of rotatable bonds is 3. The molecule has 0 aromatic heterocycles. The monoisotopic (exact) mass is 282 g/mol. The van der Waals surface area contributed by atoms with Crippen molar-refractivity contribution < 1.29 is 0 Å². The van der Waals surface area contributed by atoms with Crippen LogP contribution in [0.4, 0.5) is 5.69 Å². The maximum Gasteiger partial charge on any atom is 0.0456 e. The van der Waals surface area contributed by atoms with Gasteiger partial charge in [-0.3, -0.25) is 5.14 Å². The zero-order valence-corrected chi connectivity index (χ0v) is 11.3. The summed E-state index contributed by atoms with van der Waals surface area (Å²) >= 11 is 8.73. The lowest BCUT2D eigenvalue weighted by molar-refractivity contribution is 1.32. The zero-order chi connectivity index (χ0) is 12.3. The molecule has 2 aromatic rings. The maximum atomic E-state index is 5.94. The first kappa shape index (κ1) is 12.6. The summed E-state index contributed by atoms with van der Waals surface area (Å²) in [4.78, 5) is 3.04. The Labute approximate surface area is 114 Å². The summed E-state index contributed by atoms with van der Waals surface area (Å²) in [5, 5.41) is 6.25. The number of nitrogen functional groups attached to an aromatic ring is 1. The number of benzene rings is 2. The van der Waals surface area contributed by atoms with Crippen molar-refractivity contribution >= 4 is 41.0 Å². The number of nitrogens with two attached hydrogens (primary N) is 2. The number of halogens is 1. The molecule has 0 saturated carbocycles. The second-order valence-electron chi connectivity index (χ2n) is 3.38. The Morgan fingerprint density at radius 3 is 2.53 bits per heavy atom. The Balaban J connectivity index is 2.29. The standard InChI is InChI=1S/C12H11ClN2S2/c13-8-2-1-3-9(6-8)16-12-7-10(17-15)4-5-11(12)14/h1-7H,14-15H2. The number of hydrogen-bond acceptors (Lipinski definition) is 4. The van der Waals surface area contributed by atoms with Gasteiger partial charge in [-0.25, -0.2) is 0 Å². The minimum absolute atomic E-state index is 0.720. The molecule has 0 aliphatic heterocycles. The molecule has 0 aliphatic carbocycles. The molecule has 88 valence electrons. The Bertz CT molecular complexity index is 532. The molecular weight excluding hydrogens is 272 g/mol. The van der Waals surface area contributed by atoms with E-state index in [-0.39, 0.29) is 0 Å². The maximum absolute atomic E-state index is 5.94. The second kappa shape index (κ2) is 5.69. The highest BCUT2D eigenvalue weighted by atomic mass is 35.5. The zero-order valence-electron chi connectivity index (χ0n) is 8.89. The van der Waals surface area contributed by atoms with Gasteiger partial charge < -0.3 is 5.73 Å². The van der Waals surface area contributed by atoms with Gasteiger partial charge in [-0.05, 0) is 48.3 Å². The van der Waals surface area contributed by atoms with E-state index >= 15 is 0 Å². The molecule has 2 rings (SSSR count). The molecule has 0 radical (unpaired) electrons. The van der Waals surface area contributed by atoms with Crippen molar-refractivity contribution in [3.05, 3.63) is 47.5 Å². The van der Waals surface area contributed by atoms with Gasteiger partial charge in [-0.1, -0.05) is 29.4 Å². The average molecular weight is 283 g/mol. The summed E-state index contributed by atoms with van der Waals surface area (Å²) in [5.74, 6) is 0. The van der Waals surface area contributed by atoms with Gasteiger partial charge in [0.2, 0.25) is 0 Å². The molecule has 17 heavy (non-hydrogen) atoms. The molecule has 2 aromatic carbocycles. The van der Waals surface area contributed by atoms with E-state index in [0.717, 1.165) is 25.4 Å². The molecule has 4 N–H and O–H groups in total. The van der Waals surface area contributed by atoms with Crippen molar-refractivity contribution in [3.8, 4) is 0 Å². The van der Waals surface area contributed by atoms with Crippen molar-refractivity contribution in [2.45, 2.75) is 14.7 Å². The molecule has 0 amide bonds. The van der Waals surface area contributed by atoms with E-state index in [1.54, 1.807) is 11.8 Å². The van der Waals surface area contributed by atoms with Crippen LogP contribution in [0.25, 0.3) is 0 Å². The van der Waals surface area contributed by atoms with E-state index in [1.807, 2.05) is 42.5 Å². The number of anilines is 1. The minimum atomic E-state index is 0.720. The highest BCUT2D eigenvalue weighted by Gasteiger charge is 2.04. The van der Waals surface area contributed by atoms with Crippen molar-refractivity contribution in [1.82, 2.24) is 0 Å². The third-order valence-electron chi connectivity index (χ3n) is 2.15. The highest BCUT2D eigenvalue weighted by molar-refractivity contribution is 7.99. The summed E-state index contributed by atoms with van der Waals surface area (Å²) in [6.07, 6.45) is 0.